The van der Waals surface area contributed by atoms with Gasteiger partial charge in [0.25, 0.3) is 5.91 Å². The number of rotatable bonds is 10. The Morgan fingerprint density at radius 1 is 0.917 bits per heavy atom. The zero-order valence-corrected chi connectivity index (χ0v) is 21.3. The summed E-state index contributed by atoms with van der Waals surface area (Å²) in [6, 6.07) is 25.0. The van der Waals surface area contributed by atoms with Gasteiger partial charge >= 0.3 is 0 Å². The highest BCUT2D eigenvalue weighted by Crippen LogP contribution is 2.19. The van der Waals surface area contributed by atoms with Crippen molar-refractivity contribution >= 4 is 11.7 Å². The number of amides is 1. The minimum absolute atomic E-state index is 0.0687. The van der Waals surface area contributed by atoms with Crippen molar-refractivity contribution in [2.75, 3.05) is 13.1 Å². The van der Waals surface area contributed by atoms with Crippen LogP contribution in [-0.2, 0) is 24.4 Å². The Labute approximate surface area is 214 Å². The van der Waals surface area contributed by atoms with Crippen LogP contribution in [0.4, 0.5) is 0 Å². The molecule has 36 heavy (non-hydrogen) atoms. The third-order valence-electron chi connectivity index (χ3n) is 6.58. The highest BCUT2D eigenvalue weighted by molar-refractivity contribution is 5.98. The predicted octanol–water partition coefficient (Wildman–Crippen LogP) is 5.43. The van der Waals surface area contributed by atoms with Gasteiger partial charge in [-0.15, -0.1) is 0 Å². The molecule has 1 N–H and O–H groups in total. The second-order valence-electron chi connectivity index (χ2n) is 10.0. The van der Waals surface area contributed by atoms with Crippen molar-refractivity contribution in [3.05, 3.63) is 101 Å². The molecule has 1 amide bonds. The Bertz CT molecular complexity index is 1140. The maximum absolute atomic E-state index is 13.3. The molecule has 1 aliphatic rings. The van der Waals surface area contributed by atoms with E-state index in [1.54, 1.807) is 24.3 Å². The topological polar surface area (TPSA) is 58.6 Å². The average molecular weight is 485 g/mol. The number of aryl methyl sites for hydroxylation is 1. The number of ketones is 1. The summed E-state index contributed by atoms with van der Waals surface area (Å²) in [7, 11) is 0. The first-order valence-corrected chi connectivity index (χ1v) is 12.9. The fourth-order valence-electron chi connectivity index (χ4n) is 4.66. The molecule has 0 aliphatic carbocycles. The van der Waals surface area contributed by atoms with Gasteiger partial charge in [0, 0.05) is 12.1 Å². The van der Waals surface area contributed by atoms with Gasteiger partial charge in [-0.2, -0.15) is 0 Å². The number of hydrogen-bond acceptors (Lipinski definition) is 4. The van der Waals surface area contributed by atoms with E-state index in [2.05, 4.69) is 48.3 Å². The fourth-order valence-corrected chi connectivity index (χ4v) is 4.66. The third kappa shape index (κ3) is 7.28. The van der Waals surface area contributed by atoms with Crippen molar-refractivity contribution in [3.8, 4) is 5.75 Å². The molecule has 0 saturated heterocycles. The molecule has 1 heterocycles. The zero-order valence-electron chi connectivity index (χ0n) is 21.3. The molecular weight excluding hydrogens is 448 g/mol. The zero-order chi connectivity index (χ0) is 25.3. The van der Waals surface area contributed by atoms with Crippen LogP contribution >= 0.6 is 0 Å². The van der Waals surface area contributed by atoms with Crippen LogP contribution in [0.3, 0.4) is 0 Å². The van der Waals surface area contributed by atoms with Crippen LogP contribution < -0.4 is 10.1 Å². The van der Waals surface area contributed by atoms with E-state index in [9.17, 15) is 9.59 Å². The van der Waals surface area contributed by atoms with E-state index in [-0.39, 0.29) is 17.6 Å². The molecule has 0 spiro atoms. The first kappa shape index (κ1) is 25.6. The molecule has 5 heteroatoms. The Hall–Kier alpha value is -3.44. The lowest BCUT2D eigenvalue weighted by Crippen LogP contribution is -2.46. The van der Waals surface area contributed by atoms with Crippen LogP contribution in [0.2, 0.25) is 0 Å². The van der Waals surface area contributed by atoms with Gasteiger partial charge in [0.15, 0.2) is 5.78 Å². The molecule has 1 atom stereocenters. The van der Waals surface area contributed by atoms with Crippen LogP contribution in [0.1, 0.15) is 53.7 Å². The summed E-state index contributed by atoms with van der Waals surface area (Å²) in [6.07, 6.45) is 2.69. The monoisotopic (exact) mass is 484 g/mol. The van der Waals surface area contributed by atoms with Crippen molar-refractivity contribution < 1.29 is 14.3 Å². The first-order chi connectivity index (χ1) is 17.5. The van der Waals surface area contributed by atoms with E-state index >= 15 is 0 Å². The Morgan fingerprint density at radius 3 is 2.33 bits per heavy atom. The van der Waals surface area contributed by atoms with Gasteiger partial charge < -0.3 is 10.1 Å². The summed E-state index contributed by atoms with van der Waals surface area (Å²) >= 11 is 0. The molecule has 0 fully saturated rings. The standard InChI is InChI=1S/C31H36N2O3/c1-23(2)19-29(30(34)21-33-18-8-13-25-11-6-7-12-27(25)20-33)32-31(35)26-14-16-28(17-15-26)36-22-24-9-4-3-5-10-24/h3-7,9-12,14-17,23,29H,8,13,18-22H2,1-2H3,(H,32,35)/t29-/m0/s1. The van der Waals surface area contributed by atoms with E-state index in [4.69, 9.17) is 4.74 Å². The first-order valence-electron chi connectivity index (χ1n) is 12.9. The summed E-state index contributed by atoms with van der Waals surface area (Å²) < 4.78 is 5.83. The van der Waals surface area contributed by atoms with Crippen molar-refractivity contribution in [1.82, 2.24) is 10.2 Å². The molecule has 0 aromatic heterocycles. The lowest BCUT2D eigenvalue weighted by atomic mass is 9.99. The smallest absolute Gasteiger partial charge is 0.251 e. The number of benzene rings is 3. The number of nitrogens with one attached hydrogen (secondary N) is 1. The minimum Gasteiger partial charge on any atom is -0.489 e. The summed E-state index contributed by atoms with van der Waals surface area (Å²) in [5, 5.41) is 3.01. The van der Waals surface area contributed by atoms with Gasteiger partial charge in [0.05, 0.1) is 12.6 Å². The lowest BCUT2D eigenvalue weighted by Gasteiger charge is -2.25. The van der Waals surface area contributed by atoms with E-state index < -0.39 is 6.04 Å². The highest BCUT2D eigenvalue weighted by Gasteiger charge is 2.25. The van der Waals surface area contributed by atoms with Crippen LogP contribution in [0, 0.1) is 5.92 Å². The van der Waals surface area contributed by atoms with Gasteiger partial charge in [-0.1, -0.05) is 68.4 Å². The molecule has 5 nitrogen and oxygen atoms in total. The summed E-state index contributed by atoms with van der Waals surface area (Å²) in [4.78, 5) is 28.6. The highest BCUT2D eigenvalue weighted by atomic mass is 16.5. The molecule has 0 radical (unpaired) electrons. The van der Waals surface area contributed by atoms with Gasteiger partial charge in [0.2, 0.25) is 0 Å². The molecule has 0 bridgehead atoms. The molecular formula is C31H36N2O3. The van der Waals surface area contributed by atoms with E-state index in [0.717, 1.165) is 31.5 Å². The Kier molecular flexibility index (Phi) is 8.90. The maximum atomic E-state index is 13.3. The number of carbonyl (C=O) groups is 2. The van der Waals surface area contributed by atoms with Gasteiger partial charge in [-0.3, -0.25) is 14.5 Å². The van der Waals surface area contributed by atoms with Crippen molar-refractivity contribution in [3.63, 3.8) is 0 Å². The quantitative estimate of drug-likeness (QED) is 0.417. The number of hydrogen-bond donors (Lipinski definition) is 1. The number of carbonyl (C=O) groups excluding carboxylic acids is 2. The van der Waals surface area contributed by atoms with Gasteiger partial charge in [-0.25, -0.2) is 0 Å². The van der Waals surface area contributed by atoms with Crippen molar-refractivity contribution in [2.24, 2.45) is 5.92 Å². The second-order valence-corrected chi connectivity index (χ2v) is 10.0. The fraction of sp³-hybridized carbons (Fsp3) is 0.355. The van der Waals surface area contributed by atoms with E-state index in [1.165, 1.54) is 11.1 Å². The molecule has 0 saturated carbocycles. The Balaban J connectivity index is 1.35. The molecule has 1 aliphatic heterocycles. The summed E-state index contributed by atoms with van der Waals surface area (Å²) in [6.45, 7) is 6.62. The number of Topliss-reactive ketones (excluding diaryl/α,β-unsaturated/α-hetero) is 1. The molecule has 3 aromatic carbocycles. The summed E-state index contributed by atoms with van der Waals surface area (Å²) in [5.74, 6) is 0.827. The predicted molar refractivity (Wildman–Crippen MR) is 143 cm³/mol. The van der Waals surface area contributed by atoms with Crippen LogP contribution in [0.15, 0.2) is 78.9 Å². The molecule has 0 unspecified atom stereocenters. The summed E-state index contributed by atoms with van der Waals surface area (Å²) in [5.41, 5.74) is 4.27. The largest absolute Gasteiger partial charge is 0.489 e. The van der Waals surface area contributed by atoms with Crippen molar-refractivity contribution in [1.29, 1.82) is 0 Å². The van der Waals surface area contributed by atoms with E-state index in [0.29, 0.717) is 30.9 Å². The second kappa shape index (κ2) is 12.5. The maximum Gasteiger partial charge on any atom is 0.251 e. The Morgan fingerprint density at radius 2 is 1.61 bits per heavy atom. The number of nitrogens with zero attached hydrogens (tertiary/aromatic N) is 1. The SMILES string of the molecule is CC(C)C[C@H](NC(=O)c1ccc(OCc2ccccc2)cc1)C(=O)CN1CCCc2ccccc2C1. The van der Waals surface area contributed by atoms with Crippen LogP contribution in [0.5, 0.6) is 5.75 Å². The number of fused-ring (bicyclic) bond motifs is 1. The molecule has 4 rings (SSSR count). The van der Waals surface area contributed by atoms with Crippen LogP contribution in [-0.4, -0.2) is 35.7 Å². The van der Waals surface area contributed by atoms with Crippen LogP contribution in [0.25, 0.3) is 0 Å². The lowest BCUT2D eigenvalue weighted by molar-refractivity contribution is -0.122. The molecule has 188 valence electrons. The van der Waals surface area contributed by atoms with Crippen molar-refractivity contribution in [2.45, 2.75) is 52.3 Å². The number of ether oxygens (including phenoxy) is 1. The minimum atomic E-state index is -0.509. The normalized spacial score (nSPS) is 14.5. The average Bonchev–Trinajstić information content (AvgIpc) is 3.09. The molecule has 3 aromatic rings. The van der Waals surface area contributed by atoms with E-state index in [1.807, 2.05) is 30.3 Å². The third-order valence-corrected chi connectivity index (χ3v) is 6.58. The van der Waals surface area contributed by atoms with Gasteiger partial charge in [0.1, 0.15) is 12.4 Å². The van der Waals surface area contributed by atoms with Gasteiger partial charge in [-0.05, 0) is 72.7 Å².